The highest BCUT2D eigenvalue weighted by Crippen LogP contribution is 2.25. The molecular formula is C9H13FN2S. The third-order valence-corrected chi connectivity index (χ3v) is 3.18. The molecular weight excluding hydrogens is 187 g/mol. The van der Waals surface area contributed by atoms with E-state index in [1.54, 1.807) is 11.3 Å². The van der Waals surface area contributed by atoms with Crippen LogP contribution in [0.3, 0.4) is 0 Å². The summed E-state index contributed by atoms with van der Waals surface area (Å²) in [5, 5.41) is 6.01. The smallest absolute Gasteiger partial charge is 0.130 e. The fourth-order valence-corrected chi connectivity index (χ4v) is 2.29. The summed E-state index contributed by atoms with van der Waals surface area (Å²) in [5.74, 6) is 0. The van der Waals surface area contributed by atoms with Crippen LogP contribution in [0.4, 0.5) is 4.39 Å². The van der Waals surface area contributed by atoms with E-state index in [1.807, 2.05) is 12.3 Å². The normalized spacial score (nSPS) is 28.2. The van der Waals surface area contributed by atoms with Gasteiger partial charge in [-0.25, -0.2) is 9.37 Å². The Labute approximate surface area is 81.2 Å². The predicted octanol–water partition coefficient (Wildman–Crippen LogP) is 1.70. The average molecular weight is 200 g/mol. The van der Waals surface area contributed by atoms with E-state index < -0.39 is 5.67 Å². The van der Waals surface area contributed by atoms with Crippen LogP contribution in [-0.4, -0.2) is 23.7 Å². The second-order valence-corrected chi connectivity index (χ2v) is 4.67. The lowest BCUT2D eigenvalue weighted by molar-refractivity contribution is 0.189. The van der Waals surface area contributed by atoms with Gasteiger partial charge in [0.1, 0.15) is 5.67 Å². The summed E-state index contributed by atoms with van der Waals surface area (Å²) in [6.45, 7) is 3.22. The monoisotopic (exact) mass is 200 g/mol. The van der Waals surface area contributed by atoms with Crippen molar-refractivity contribution in [3.63, 3.8) is 0 Å². The molecule has 0 amide bonds. The standard InChI is InChI=1S/C9H13FN2S/c1-7-12-8(5-13-7)4-9(10)2-3-11-6-9/h5,11H,2-4,6H2,1H3. The zero-order valence-corrected chi connectivity index (χ0v) is 8.46. The van der Waals surface area contributed by atoms with Crippen molar-refractivity contribution in [2.45, 2.75) is 25.4 Å². The minimum absolute atomic E-state index is 0.463. The molecule has 1 fully saturated rings. The molecule has 0 aromatic carbocycles. The quantitative estimate of drug-likeness (QED) is 0.786. The molecule has 0 spiro atoms. The van der Waals surface area contributed by atoms with E-state index in [4.69, 9.17) is 0 Å². The van der Waals surface area contributed by atoms with Gasteiger partial charge in [0.05, 0.1) is 10.7 Å². The number of nitrogens with zero attached hydrogens (tertiary/aromatic N) is 1. The molecule has 1 aromatic heterocycles. The molecule has 13 heavy (non-hydrogen) atoms. The third kappa shape index (κ3) is 2.06. The van der Waals surface area contributed by atoms with E-state index in [1.165, 1.54) is 0 Å². The molecule has 1 unspecified atom stereocenters. The van der Waals surface area contributed by atoms with Gasteiger partial charge in [0.15, 0.2) is 0 Å². The number of aromatic nitrogens is 1. The predicted molar refractivity (Wildman–Crippen MR) is 51.9 cm³/mol. The highest BCUT2D eigenvalue weighted by atomic mass is 32.1. The van der Waals surface area contributed by atoms with E-state index in [-0.39, 0.29) is 0 Å². The zero-order chi connectivity index (χ0) is 9.31. The molecule has 4 heteroatoms. The van der Waals surface area contributed by atoms with Crippen LogP contribution >= 0.6 is 11.3 Å². The van der Waals surface area contributed by atoms with Crippen LogP contribution in [0, 0.1) is 6.92 Å². The maximum Gasteiger partial charge on any atom is 0.130 e. The lowest BCUT2D eigenvalue weighted by atomic mass is 10.00. The number of aryl methyl sites for hydroxylation is 1. The maximum atomic E-state index is 13.9. The molecule has 1 atom stereocenters. The Kier molecular flexibility index (Phi) is 2.34. The summed E-state index contributed by atoms with van der Waals surface area (Å²) in [7, 11) is 0. The van der Waals surface area contributed by atoms with Crippen LogP contribution in [0.15, 0.2) is 5.38 Å². The van der Waals surface area contributed by atoms with Crippen molar-refractivity contribution < 1.29 is 4.39 Å². The van der Waals surface area contributed by atoms with Crippen molar-refractivity contribution in [3.05, 3.63) is 16.1 Å². The van der Waals surface area contributed by atoms with Gasteiger partial charge in [-0.3, -0.25) is 0 Å². The summed E-state index contributed by atoms with van der Waals surface area (Å²) in [5.41, 5.74) is -0.158. The van der Waals surface area contributed by atoms with Crippen LogP contribution in [0.1, 0.15) is 17.1 Å². The third-order valence-electron chi connectivity index (χ3n) is 2.36. The minimum Gasteiger partial charge on any atom is -0.313 e. The Morgan fingerprint density at radius 3 is 3.15 bits per heavy atom. The van der Waals surface area contributed by atoms with Crippen molar-refractivity contribution in [2.75, 3.05) is 13.1 Å². The van der Waals surface area contributed by atoms with Crippen molar-refractivity contribution in [2.24, 2.45) is 0 Å². The van der Waals surface area contributed by atoms with E-state index in [2.05, 4.69) is 10.3 Å². The van der Waals surface area contributed by atoms with Gasteiger partial charge >= 0.3 is 0 Å². The summed E-state index contributed by atoms with van der Waals surface area (Å²) in [4.78, 5) is 4.27. The number of thiazole rings is 1. The summed E-state index contributed by atoms with van der Waals surface area (Å²) >= 11 is 1.59. The first-order chi connectivity index (χ1) is 6.18. The van der Waals surface area contributed by atoms with Crippen LogP contribution < -0.4 is 5.32 Å². The zero-order valence-electron chi connectivity index (χ0n) is 7.64. The molecule has 0 saturated carbocycles. The maximum absolute atomic E-state index is 13.9. The summed E-state index contributed by atoms with van der Waals surface area (Å²) in [6, 6.07) is 0. The van der Waals surface area contributed by atoms with E-state index in [0.29, 0.717) is 19.4 Å². The highest BCUT2D eigenvalue weighted by molar-refractivity contribution is 7.09. The molecule has 2 nitrogen and oxygen atoms in total. The van der Waals surface area contributed by atoms with Crippen LogP contribution in [-0.2, 0) is 6.42 Å². The molecule has 1 N–H and O–H groups in total. The molecule has 1 saturated heterocycles. The van der Waals surface area contributed by atoms with E-state index in [0.717, 1.165) is 17.2 Å². The van der Waals surface area contributed by atoms with Gasteiger partial charge < -0.3 is 5.32 Å². The number of alkyl halides is 1. The van der Waals surface area contributed by atoms with Crippen molar-refractivity contribution in [3.8, 4) is 0 Å². The molecule has 0 aliphatic carbocycles. The summed E-state index contributed by atoms with van der Waals surface area (Å²) < 4.78 is 13.9. The number of hydrogen-bond acceptors (Lipinski definition) is 3. The second-order valence-electron chi connectivity index (χ2n) is 3.61. The fourth-order valence-electron chi connectivity index (χ4n) is 1.68. The largest absolute Gasteiger partial charge is 0.313 e. The van der Waals surface area contributed by atoms with E-state index >= 15 is 0 Å². The Balaban J connectivity index is 2.04. The molecule has 1 aliphatic rings. The number of halogens is 1. The molecule has 2 heterocycles. The first kappa shape index (κ1) is 9.09. The summed E-state index contributed by atoms with van der Waals surface area (Å²) in [6.07, 6.45) is 1.08. The molecule has 1 aliphatic heterocycles. The van der Waals surface area contributed by atoms with Crippen molar-refractivity contribution in [1.29, 1.82) is 0 Å². The minimum atomic E-state index is -1.06. The lowest BCUT2D eigenvalue weighted by Gasteiger charge is -2.15. The van der Waals surface area contributed by atoms with Gasteiger partial charge in [0.2, 0.25) is 0 Å². The van der Waals surface area contributed by atoms with Gasteiger partial charge in [0, 0.05) is 18.3 Å². The Bertz CT molecular complexity index is 292. The number of rotatable bonds is 2. The molecule has 0 radical (unpaired) electrons. The van der Waals surface area contributed by atoms with Gasteiger partial charge in [-0.1, -0.05) is 0 Å². The first-order valence-electron chi connectivity index (χ1n) is 4.49. The Morgan fingerprint density at radius 2 is 2.62 bits per heavy atom. The topological polar surface area (TPSA) is 24.9 Å². The Morgan fingerprint density at radius 1 is 1.77 bits per heavy atom. The number of hydrogen-bond donors (Lipinski definition) is 1. The first-order valence-corrected chi connectivity index (χ1v) is 5.37. The lowest BCUT2D eigenvalue weighted by Crippen LogP contribution is -2.28. The molecule has 2 rings (SSSR count). The van der Waals surface area contributed by atoms with Crippen LogP contribution in [0.2, 0.25) is 0 Å². The van der Waals surface area contributed by atoms with Gasteiger partial charge in [-0.2, -0.15) is 0 Å². The van der Waals surface area contributed by atoms with Gasteiger partial charge in [-0.15, -0.1) is 11.3 Å². The van der Waals surface area contributed by atoms with Gasteiger partial charge in [-0.05, 0) is 19.9 Å². The van der Waals surface area contributed by atoms with Crippen molar-refractivity contribution >= 4 is 11.3 Å². The molecule has 1 aromatic rings. The Hall–Kier alpha value is -0.480. The molecule has 0 bridgehead atoms. The van der Waals surface area contributed by atoms with Crippen LogP contribution in [0.5, 0.6) is 0 Å². The van der Waals surface area contributed by atoms with Crippen molar-refractivity contribution in [1.82, 2.24) is 10.3 Å². The van der Waals surface area contributed by atoms with E-state index in [9.17, 15) is 4.39 Å². The second kappa shape index (κ2) is 3.35. The SMILES string of the molecule is Cc1nc(CC2(F)CCNC2)cs1. The average Bonchev–Trinajstić information content (AvgIpc) is 2.62. The van der Waals surface area contributed by atoms with Gasteiger partial charge in [0.25, 0.3) is 0 Å². The highest BCUT2D eigenvalue weighted by Gasteiger charge is 2.34. The fraction of sp³-hybridized carbons (Fsp3) is 0.667. The number of nitrogens with one attached hydrogen (secondary N) is 1. The van der Waals surface area contributed by atoms with Crippen LogP contribution in [0.25, 0.3) is 0 Å². The molecule has 72 valence electrons.